The molecule has 0 saturated carbocycles. The Morgan fingerprint density at radius 1 is 1.36 bits per heavy atom. The van der Waals surface area contributed by atoms with Gasteiger partial charge >= 0.3 is 0 Å². The molecule has 1 aromatic rings. The molecule has 1 saturated heterocycles. The van der Waals surface area contributed by atoms with Gasteiger partial charge in [-0.2, -0.15) is 0 Å². The Bertz CT molecular complexity index is 575. The minimum atomic E-state index is -0.734. The van der Waals surface area contributed by atoms with E-state index in [1.54, 1.807) is 6.92 Å². The molecule has 1 aromatic carbocycles. The maximum atomic E-state index is 12.3. The number of hydrogen-bond donors (Lipinski definition) is 0. The van der Waals surface area contributed by atoms with E-state index in [1.165, 1.54) is 11.8 Å². The van der Waals surface area contributed by atoms with E-state index < -0.39 is 24.3 Å². The van der Waals surface area contributed by atoms with E-state index >= 15 is 0 Å². The molecule has 1 fully saturated rings. The molecule has 0 bridgehead atoms. The fraction of sp³-hybridized carbons (Fsp3) is 0.438. The molecule has 1 heterocycles. The van der Waals surface area contributed by atoms with E-state index in [1.807, 2.05) is 37.3 Å². The third kappa shape index (κ3) is 3.24. The SMILES string of the molecule is CCOC(C)O[C@H]1C(=O)N(C(=O)C(C)=S)[C@H]1c1ccccc1. The van der Waals surface area contributed by atoms with Crippen LogP contribution in [0.3, 0.4) is 0 Å². The monoisotopic (exact) mass is 321 g/mol. The molecule has 118 valence electrons. The number of β-lactam (4-membered cyclic amide) rings is 1. The number of carbonyl (C=O) groups is 2. The van der Waals surface area contributed by atoms with Crippen LogP contribution in [0.2, 0.25) is 0 Å². The highest BCUT2D eigenvalue weighted by atomic mass is 32.1. The van der Waals surface area contributed by atoms with Crippen molar-refractivity contribution in [3.8, 4) is 0 Å². The van der Waals surface area contributed by atoms with Crippen LogP contribution < -0.4 is 0 Å². The normalized spacial score (nSPS) is 22.1. The fourth-order valence-electron chi connectivity index (χ4n) is 2.45. The van der Waals surface area contributed by atoms with Crippen LogP contribution in [0.25, 0.3) is 0 Å². The minimum absolute atomic E-state index is 0.158. The molecule has 1 aliphatic rings. The third-order valence-electron chi connectivity index (χ3n) is 3.45. The average molecular weight is 321 g/mol. The predicted octanol–water partition coefficient (Wildman–Crippen LogP) is 2.25. The van der Waals surface area contributed by atoms with Gasteiger partial charge in [0.05, 0.1) is 4.86 Å². The van der Waals surface area contributed by atoms with Crippen molar-refractivity contribution in [1.82, 2.24) is 4.90 Å². The Kier molecular flexibility index (Phi) is 5.39. The Hall–Kier alpha value is -1.63. The number of amides is 2. The highest BCUT2D eigenvalue weighted by molar-refractivity contribution is 7.82. The summed E-state index contributed by atoms with van der Waals surface area (Å²) in [6, 6.07) is 8.83. The molecule has 1 unspecified atom stereocenters. The van der Waals surface area contributed by atoms with Crippen LogP contribution in [0.1, 0.15) is 32.4 Å². The number of ether oxygens (including phenoxy) is 2. The highest BCUT2D eigenvalue weighted by Crippen LogP contribution is 2.38. The molecule has 0 aromatic heterocycles. The molecular weight excluding hydrogens is 302 g/mol. The summed E-state index contributed by atoms with van der Waals surface area (Å²) in [5.74, 6) is -0.827. The second-order valence-corrected chi connectivity index (χ2v) is 5.62. The minimum Gasteiger partial charge on any atom is -0.353 e. The first-order valence-electron chi connectivity index (χ1n) is 7.17. The molecule has 22 heavy (non-hydrogen) atoms. The molecule has 0 radical (unpaired) electrons. The van der Waals surface area contributed by atoms with Gasteiger partial charge in [0.1, 0.15) is 6.04 Å². The number of thiocarbonyl (C=S) groups is 1. The maximum Gasteiger partial charge on any atom is 0.267 e. The summed E-state index contributed by atoms with van der Waals surface area (Å²) in [6.07, 6.45) is -1.25. The number of hydrogen-bond acceptors (Lipinski definition) is 5. The van der Waals surface area contributed by atoms with Gasteiger partial charge in [0.25, 0.3) is 11.8 Å². The van der Waals surface area contributed by atoms with Crippen LogP contribution in [0.4, 0.5) is 0 Å². The summed E-state index contributed by atoms with van der Waals surface area (Å²) in [7, 11) is 0. The first-order chi connectivity index (χ1) is 10.5. The van der Waals surface area contributed by atoms with Gasteiger partial charge in [0, 0.05) is 6.61 Å². The number of carbonyl (C=O) groups excluding carboxylic acids is 2. The van der Waals surface area contributed by atoms with Gasteiger partial charge in [-0.15, -0.1) is 0 Å². The van der Waals surface area contributed by atoms with Crippen molar-refractivity contribution in [2.24, 2.45) is 0 Å². The van der Waals surface area contributed by atoms with Crippen molar-refractivity contribution in [2.75, 3.05) is 6.61 Å². The van der Waals surface area contributed by atoms with Crippen molar-refractivity contribution >= 4 is 28.9 Å². The molecule has 0 N–H and O–H groups in total. The second-order valence-electron chi connectivity index (χ2n) is 5.00. The third-order valence-corrected chi connectivity index (χ3v) is 3.62. The molecule has 2 amide bonds. The molecule has 2 rings (SSSR count). The Balaban J connectivity index is 2.25. The average Bonchev–Trinajstić information content (AvgIpc) is 2.50. The summed E-state index contributed by atoms with van der Waals surface area (Å²) >= 11 is 4.91. The topological polar surface area (TPSA) is 55.8 Å². The van der Waals surface area contributed by atoms with E-state index in [9.17, 15) is 9.59 Å². The van der Waals surface area contributed by atoms with Crippen molar-refractivity contribution in [3.63, 3.8) is 0 Å². The van der Waals surface area contributed by atoms with E-state index in [4.69, 9.17) is 21.7 Å². The molecule has 0 spiro atoms. The first-order valence-corrected chi connectivity index (χ1v) is 7.58. The second kappa shape index (κ2) is 7.09. The Labute approximate surface area is 135 Å². The van der Waals surface area contributed by atoms with Crippen molar-refractivity contribution in [1.29, 1.82) is 0 Å². The van der Waals surface area contributed by atoms with E-state index in [2.05, 4.69) is 0 Å². The number of benzene rings is 1. The lowest BCUT2D eigenvalue weighted by Crippen LogP contribution is -2.63. The Morgan fingerprint density at radius 2 is 2.00 bits per heavy atom. The molecule has 3 atom stereocenters. The van der Waals surface area contributed by atoms with Gasteiger partial charge in [-0.25, -0.2) is 0 Å². The van der Waals surface area contributed by atoms with Gasteiger partial charge in [-0.1, -0.05) is 42.5 Å². The van der Waals surface area contributed by atoms with E-state index in [0.29, 0.717) is 6.61 Å². The van der Waals surface area contributed by atoms with Crippen molar-refractivity contribution in [3.05, 3.63) is 35.9 Å². The highest BCUT2D eigenvalue weighted by Gasteiger charge is 2.53. The number of imide groups is 1. The summed E-state index contributed by atoms with van der Waals surface area (Å²) in [5.41, 5.74) is 0.834. The molecule has 0 aliphatic carbocycles. The molecule has 6 heteroatoms. The predicted molar refractivity (Wildman–Crippen MR) is 85.3 cm³/mol. The van der Waals surface area contributed by atoms with Crippen LogP contribution in [-0.4, -0.2) is 40.6 Å². The smallest absolute Gasteiger partial charge is 0.267 e. The van der Waals surface area contributed by atoms with Crippen LogP contribution in [0, 0.1) is 0 Å². The van der Waals surface area contributed by atoms with Gasteiger partial charge in [-0.3, -0.25) is 14.5 Å². The van der Waals surface area contributed by atoms with Crippen LogP contribution in [0.15, 0.2) is 30.3 Å². The first kappa shape index (κ1) is 16.7. The zero-order valence-corrected chi connectivity index (χ0v) is 13.6. The lowest BCUT2D eigenvalue weighted by molar-refractivity contribution is -0.214. The van der Waals surface area contributed by atoms with Gasteiger partial charge in [0.2, 0.25) is 0 Å². The number of likely N-dealkylation sites (tertiary alicyclic amines) is 1. The number of rotatable bonds is 6. The molecule has 5 nitrogen and oxygen atoms in total. The Morgan fingerprint density at radius 3 is 2.55 bits per heavy atom. The standard InChI is InChI=1S/C16H19NO4S/c1-4-20-11(3)21-14-13(12-8-6-5-7-9-12)17(16(14)19)15(18)10(2)22/h5-9,11,13-14H,4H2,1-3H3/t11?,13-,14+/m0/s1. The summed E-state index contributed by atoms with van der Waals surface area (Å²) in [6.45, 7) is 5.58. The largest absolute Gasteiger partial charge is 0.353 e. The van der Waals surface area contributed by atoms with E-state index in [-0.39, 0.29) is 10.8 Å². The molecule has 1 aliphatic heterocycles. The van der Waals surface area contributed by atoms with Gasteiger partial charge in [-0.05, 0) is 26.3 Å². The van der Waals surface area contributed by atoms with Crippen LogP contribution in [-0.2, 0) is 19.1 Å². The van der Waals surface area contributed by atoms with Crippen LogP contribution >= 0.6 is 12.2 Å². The summed E-state index contributed by atoms with van der Waals surface area (Å²) < 4.78 is 11.0. The van der Waals surface area contributed by atoms with Crippen LogP contribution in [0.5, 0.6) is 0 Å². The van der Waals surface area contributed by atoms with Gasteiger partial charge in [0.15, 0.2) is 12.4 Å². The zero-order valence-electron chi connectivity index (χ0n) is 12.8. The summed E-state index contributed by atoms with van der Waals surface area (Å²) in [4.78, 5) is 25.8. The molecular formula is C16H19NO4S. The lowest BCUT2D eigenvalue weighted by atomic mass is 9.90. The fourth-order valence-corrected chi connectivity index (χ4v) is 2.54. The number of nitrogens with zero attached hydrogens (tertiary/aromatic N) is 1. The zero-order chi connectivity index (χ0) is 16.3. The summed E-state index contributed by atoms with van der Waals surface area (Å²) in [5, 5.41) is 0. The maximum absolute atomic E-state index is 12.3. The van der Waals surface area contributed by atoms with Crippen molar-refractivity contribution < 1.29 is 19.1 Å². The van der Waals surface area contributed by atoms with Crippen molar-refractivity contribution in [2.45, 2.75) is 39.2 Å². The van der Waals surface area contributed by atoms with Gasteiger partial charge < -0.3 is 9.47 Å². The lowest BCUT2D eigenvalue weighted by Gasteiger charge is -2.45. The van der Waals surface area contributed by atoms with E-state index in [0.717, 1.165) is 5.56 Å². The quantitative estimate of drug-likeness (QED) is 0.457.